The summed E-state index contributed by atoms with van der Waals surface area (Å²) in [6.07, 6.45) is 5.14. The highest BCUT2D eigenvalue weighted by atomic mass is 16.5. The first-order valence-corrected chi connectivity index (χ1v) is 6.52. The van der Waals surface area contributed by atoms with E-state index in [0.29, 0.717) is 11.1 Å². The Morgan fingerprint density at radius 3 is 2.00 bits per heavy atom. The van der Waals surface area contributed by atoms with E-state index < -0.39 is 12.5 Å². The van der Waals surface area contributed by atoms with Crippen LogP contribution in [-0.4, -0.2) is 22.7 Å². The van der Waals surface area contributed by atoms with E-state index in [1.807, 2.05) is 0 Å². The van der Waals surface area contributed by atoms with E-state index in [-0.39, 0.29) is 11.5 Å². The summed E-state index contributed by atoms with van der Waals surface area (Å²) in [6.45, 7) is -2.27. The molecule has 0 aliphatic heterocycles. The molecular formula is C18H16O4. The molecule has 0 aliphatic carbocycles. The Labute approximate surface area is 131 Å². The molecule has 2 rings (SSSR count). The third kappa shape index (κ3) is 5.17. The first-order valence-electron chi connectivity index (χ1n) is 7.52. The van der Waals surface area contributed by atoms with Crippen LogP contribution < -0.4 is 0 Å². The van der Waals surface area contributed by atoms with Gasteiger partial charge in [0, 0.05) is 6.08 Å². The van der Waals surface area contributed by atoms with E-state index in [4.69, 9.17) is 12.6 Å². The number of phenols is 2. The highest BCUT2D eigenvalue weighted by Crippen LogP contribution is 2.11. The predicted octanol–water partition coefficient (Wildman–Crippen LogP) is 3.37. The minimum Gasteiger partial charge on any atom is -0.508 e. The molecule has 0 heterocycles. The maximum absolute atomic E-state index is 11.7. The fourth-order valence-corrected chi connectivity index (χ4v) is 1.59. The predicted molar refractivity (Wildman–Crippen MR) is 85.2 cm³/mol. The van der Waals surface area contributed by atoms with Crippen molar-refractivity contribution in [3.63, 3.8) is 0 Å². The van der Waals surface area contributed by atoms with Crippen molar-refractivity contribution in [2.75, 3.05) is 6.56 Å². The molecule has 0 saturated heterocycles. The largest absolute Gasteiger partial charge is 0.508 e. The van der Waals surface area contributed by atoms with Crippen LogP contribution in [0.1, 0.15) is 13.9 Å². The van der Waals surface area contributed by atoms with Gasteiger partial charge in [-0.3, -0.25) is 0 Å². The molecule has 112 valence electrons. The summed E-state index contributed by atoms with van der Waals surface area (Å²) in [4.78, 5) is 11.7. The van der Waals surface area contributed by atoms with Gasteiger partial charge in [0.05, 0.1) is 2.74 Å². The first-order chi connectivity index (χ1) is 11.3. The van der Waals surface area contributed by atoms with Crippen LogP contribution in [0.15, 0.2) is 60.7 Å². The Hall–Kier alpha value is -3.01. The molecule has 2 aromatic rings. The first kappa shape index (κ1) is 12.7. The number of carbonyl (C=O) groups is 1. The van der Waals surface area contributed by atoms with Gasteiger partial charge in [-0.1, -0.05) is 30.3 Å². The fraction of sp³-hybridized carbons (Fsp3) is 0.0556. The highest BCUT2D eigenvalue weighted by Gasteiger charge is 1.95. The van der Waals surface area contributed by atoms with Gasteiger partial charge < -0.3 is 14.9 Å². The summed E-state index contributed by atoms with van der Waals surface area (Å²) in [5.41, 5.74) is 1.33. The van der Waals surface area contributed by atoms with Gasteiger partial charge >= 0.3 is 5.97 Å². The van der Waals surface area contributed by atoms with Crippen LogP contribution in [0.2, 0.25) is 0 Å². The second-order valence-corrected chi connectivity index (χ2v) is 4.39. The van der Waals surface area contributed by atoms with Gasteiger partial charge in [-0.15, -0.1) is 0 Å². The normalized spacial score (nSPS) is 13.1. The number of hydrogen-bond acceptors (Lipinski definition) is 4. The SMILES string of the molecule is [2H]C([2H])(/C=C/c1ccc(O)cc1)OC(=O)/C=C/c1ccc(O)cc1. The van der Waals surface area contributed by atoms with Gasteiger partial charge in [-0.2, -0.15) is 0 Å². The maximum atomic E-state index is 11.7. The Bertz CT molecular complexity index is 748. The second-order valence-electron chi connectivity index (χ2n) is 4.39. The molecule has 4 heteroatoms. The average Bonchev–Trinajstić information content (AvgIpc) is 2.53. The fourth-order valence-electron chi connectivity index (χ4n) is 1.59. The zero-order chi connectivity index (χ0) is 17.6. The lowest BCUT2D eigenvalue weighted by atomic mass is 10.2. The minimum atomic E-state index is -2.27. The molecule has 0 aliphatic rings. The molecular weight excluding hydrogens is 280 g/mol. The number of aromatic hydroxyl groups is 2. The summed E-state index contributed by atoms with van der Waals surface area (Å²) in [7, 11) is 0. The van der Waals surface area contributed by atoms with E-state index in [2.05, 4.69) is 0 Å². The summed E-state index contributed by atoms with van der Waals surface area (Å²) < 4.78 is 20.1. The van der Waals surface area contributed by atoms with Crippen LogP contribution in [0.4, 0.5) is 0 Å². The second kappa shape index (κ2) is 7.69. The molecule has 0 bridgehead atoms. The summed E-state index contributed by atoms with van der Waals surface area (Å²) in [5, 5.41) is 18.4. The number of esters is 1. The number of hydrogen-bond donors (Lipinski definition) is 2. The smallest absolute Gasteiger partial charge is 0.331 e. The van der Waals surface area contributed by atoms with Gasteiger partial charge in [-0.05, 0) is 47.5 Å². The molecule has 0 unspecified atom stereocenters. The Balaban J connectivity index is 1.95. The van der Waals surface area contributed by atoms with E-state index in [9.17, 15) is 9.90 Å². The van der Waals surface area contributed by atoms with Gasteiger partial charge in [-0.25, -0.2) is 4.79 Å². The number of carbonyl (C=O) groups excluding carboxylic acids is 1. The van der Waals surface area contributed by atoms with Crippen molar-refractivity contribution in [3.8, 4) is 11.5 Å². The zero-order valence-corrected chi connectivity index (χ0v) is 11.6. The van der Waals surface area contributed by atoms with Gasteiger partial charge in [0.2, 0.25) is 0 Å². The Morgan fingerprint density at radius 2 is 1.45 bits per heavy atom. The average molecular weight is 298 g/mol. The maximum Gasteiger partial charge on any atom is 0.331 e. The lowest BCUT2D eigenvalue weighted by molar-refractivity contribution is -0.136. The highest BCUT2D eigenvalue weighted by molar-refractivity contribution is 5.87. The van der Waals surface area contributed by atoms with Crippen LogP contribution in [0, 0.1) is 0 Å². The molecule has 0 aromatic heterocycles. The van der Waals surface area contributed by atoms with Crippen LogP contribution in [0.5, 0.6) is 11.5 Å². The van der Waals surface area contributed by atoms with Crippen molar-refractivity contribution in [2.24, 2.45) is 0 Å². The number of benzene rings is 2. The van der Waals surface area contributed by atoms with Crippen molar-refractivity contribution in [1.29, 1.82) is 0 Å². The molecule has 0 spiro atoms. The third-order valence-electron chi connectivity index (χ3n) is 2.70. The Kier molecular flexibility index (Phi) is 4.44. The summed E-state index contributed by atoms with van der Waals surface area (Å²) >= 11 is 0. The van der Waals surface area contributed by atoms with E-state index in [1.54, 1.807) is 24.3 Å². The van der Waals surface area contributed by atoms with E-state index in [1.165, 1.54) is 36.4 Å². The van der Waals surface area contributed by atoms with Gasteiger partial charge in [0.15, 0.2) is 0 Å². The van der Waals surface area contributed by atoms with E-state index >= 15 is 0 Å². The summed E-state index contributed by atoms with van der Waals surface area (Å²) in [5.74, 6) is -0.602. The van der Waals surface area contributed by atoms with Crippen molar-refractivity contribution in [1.82, 2.24) is 0 Å². The molecule has 0 atom stereocenters. The van der Waals surface area contributed by atoms with Gasteiger partial charge in [0.1, 0.15) is 18.1 Å². The molecule has 0 radical (unpaired) electrons. The van der Waals surface area contributed by atoms with E-state index in [0.717, 1.165) is 12.2 Å². The monoisotopic (exact) mass is 298 g/mol. The molecule has 0 saturated carbocycles. The van der Waals surface area contributed by atoms with Crippen molar-refractivity contribution in [2.45, 2.75) is 0 Å². The van der Waals surface area contributed by atoms with Crippen LogP contribution in [0.25, 0.3) is 12.2 Å². The lowest BCUT2D eigenvalue weighted by Gasteiger charge is -1.98. The Morgan fingerprint density at radius 1 is 0.955 bits per heavy atom. The quantitative estimate of drug-likeness (QED) is 0.656. The topological polar surface area (TPSA) is 66.8 Å². The minimum absolute atomic E-state index is 0.112. The van der Waals surface area contributed by atoms with Gasteiger partial charge in [0.25, 0.3) is 0 Å². The third-order valence-corrected chi connectivity index (χ3v) is 2.70. The number of rotatable bonds is 5. The lowest BCUT2D eigenvalue weighted by Crippen LogP contribution is -1.99. The molecule has 4 nitrogen and oxygen atoms in total. The van der Waals surface area contributed by atoms with Crippen LogP contribution in [0.3, 0.4) is 0 Å². The molecule has 0 fully saturated rings. The molecule has 22 heavy (non-hydrogen) atoms. The zero-order valence-electron chi connectivity index (χ0n) is 13.6. The van der Waals surface area contributed by atoms with Crippen molar-refractivity contribution >= 4 is 18.1 Å². The molecule has 0 amide bonds. The molecule has 2 aromatic carbocycles. The van der Waals surface area contributed by atoms with Crippen LogP contribution in [-0.2, 0) is 9.53 Å². The number of ether oxygens (including phenoxy) is 1. The number of phenolic OH excluding ortho intramolecular Hbond substituents is 2. The van der Waals surface area contributed by atoms with Crippen molar-refractivity contribution < 1.29 is 22.5 Å². The standard InChI is InChI=1S/C18H16O4/c19-16-8-3-14(4-9-16)2-1-13-22-18(21)12-7-15-5-10-17(20)11-6-15/h1-12,19-20H,13H2/b2-1+,12-7+/i13D2. The molecule has 2 N–H and O–H groups in total. The summed E-state index contributed by atoms with van der Waals surface area (Å²) in [6, 6.07) is 12.3. The van der Waals surface area contributed by atoms with Crippen LogP contribution >= 0.6 is 0 Å². The van der Waals surface area contributed by atoms with Crippen molar-refractivity contribution in [3.05, 3.63) is 71.8 Å².